The summed E-state index contributed by atoms with van der Waals surface area (Å²) in [5.41, 5.74) is 6.90. The first-order valence-corrected chi connectivity index (χ1v) is 13.4. The summed E-state index contributed by atoms with van der Waals surface area (Å²) < 4.78 is 5.44. The van der Waals surface area contributed by atoms with Gasteiger partial charge in [0.2, 0.25) is 5.91 Å². The number of fused-ring (bicyclic) bond motifs is 3. The van der Waals surface area contributed by atoms with Crippen LogP contribution >= 0.6 is 0 Å². The lowest BCUT2D eigenvalue weighted by molar-refractivity contribution is -0.118. The number of nitrogens with one attached hydrogen (secondary N) is 2. The number of H-pyrrole nitrogens is 1. The minimum atomic E-state index is -0.505. The van der Waals surface area contributed by atoms with Crippen LogP contribution in [0.5, 0.6) is 5.75 Å². The lowest BCUT2D eigenvalue weighted by Crippen LogP contribution is -2.55. The van der Waals surface area contributed by atoms with Gasteiger partial charge in [-0.3, -0.25) is 14.8 Å². The van der Waals surface area contributed by atoms with Gasteiger partial charge in [-0.15, -0.1) is 0 Å². The van der Waals surface area contributed by atoms with Gasteiger partial charge in [0.15, 0.2) is 0 Å². The van der Waals surface area contributed by atoms with Crippen molar-refractivity contribution in [2.45, 2.75) is 43.7 Å². The fraction of sp³-hybridized carbons (Fsp3) is 0.355. The number of piperazine rings is 1. The minimum Gasteiger partial charge on any atom is -0.497 e. The van der Waals surface area contributed by atoms with E-state index in [0.717, 1.165) is 64.2 Å². The molecular weight excluding hydrogens is 474 g/mol. The van der Waals surface area contributed by atoms with Crippen molar-refractivity contribution in [3.8, 4) is 17.0 Å². The topological polar surface area (TPSA) is 73.5 Å². The second kappa shape index (κ2) is 8.33. The molecule has 1 saturated heterocycles. The Morgan fingerprint density at radius 1 is 1.00 bits per heavy atom. The molecule has 1 spiro atoms. The van der Waals surface area contributed by atoms with Crippen molar-refractivity contribution < 1.29 is 9.53 Å². The molecule has 194 valence electrons. The van der Waals surface area contributed by atoms with E-state index < -0.39 is 5.41 Å². The molecule has 3 aliphatic rings. The highest BCUT2D eigenvalue weighted by Crippen LogP contribution is 2.65. The molecule has 2 fully saturated rings. The summed E-state index contributed by atoms with van der Waals surface area (Å²) in [5, 5.41) is 12.1. The van der Waals surface area contributed by atoms with Crippen molar-refractivity contribution >= 4 is 28.2 Å². The van der Waals surface area contributed by atoms with Crippen LogP contribution in [0, 0.1) is 0 Å². The minimum absolute atomic E-state index is 0.0837. The summed E-state index contributed by atoms with van der Waals surface area (Å²) in [6.45, 7) is 6.65. The number of rotatable bonds is 4. The maximum atomic E-state index is 13.1. The zero-order valence-electron chi connectivity index (χ0n) is 22.3. The number of benzene rings is 3. The van der Waals surface area contributed by atoms with Gasteiger partial charge < -0.3 is 15.0 Å². The molecule has 7 rings (SSSR count). The molecule has 1 saturated carbocycles. The largest absolute Gasteiger partial charge is 0.497 e. The van der Waals surface area contributed by atoms with Gasteiger partial charge in [-0.05, 0) is 74.8 Å². The number of methoxy groups -OCH3 is 1. The summed E-state index contributed by atoms with van der Waals surface area (Å²) in [6, 6.07) is 22.2. The predicted octanol–water partition coefficient (Wildman–Crippen LogP) is 5.14. The molecule has 3 aromatic carbocycles. The van der Waals surface area contributed by atoms with Crippen molar-refractivity contribution in [3.63, 3.8) is 0 Å². The van der Waals surface area contributed by atoms with E-state index in [-0.39, 0.29) is 11.8 Å². The van der Waals surface area contributed by atoms with Gasteiger partial charge >= 0.3 is 0 Å². The zero-order chi connectivity index (χ0) is 26.2. The molecule has 0 radical (unpaired) electrons. The van der Waals surface area contributed by atoms with Crippen molar-refractivity contribution in [2.24, 2.45) is 0 Å². The van der Waals surface area contributed by atoms with Gasteiger partial charge in [0, 0.05) is 53.4 Å². The van der Waals surface area contributed by atoms with E-state index in [2.05, 4.69) is 88.7 Å². The number of carbonyl (C=O) groups excluding carboxylic acids is 1. The molecule has 1 amide bonds. The Morgan fingerprint density at radius 3 is 2.50 bits per heavy atom. The highest BCUT2D eigenvalue weighted by atomic mass is 16.5. The number of anilines is 2. The molecule has 4 unspecified atom stereocenters. The third kappa shape index (κ3) is 3.38. The van der Waals surface area contributed by atoms with E-state index in [1.807, 2.05) is 18.2 Å². The molecule has 7 heteroatoms. The standard InChI is InChI=1S/C31H33N5O2/c1-18-16-36(17-19(2)35(18)3)22-8-5-20(6-9-22)29-24-11-7-21(13-28(24)33-34-29)26-15-31(26)25-14-23(38-4)10-12-27(25)32-30(31)37/h5-14,18-19,26H,15-17H2,1-4H3,(H,32,37)(H,33,34). The molecule has 0 bridgehead atoms. The Labute approximate surface area is 222 Å². The second-order valence-corrected chi connectivity index (χ2v) is 11.3. The number of aromatic nitrogens is 2. The Balaban J connectivity index is 1.15. The zero-order valence-corrected chi connectivity index (χ0v) is 22.3. The Kier molecular flexibility index (Phi) is 5.11. The normalized spacial score (nSPS) is 26.6. The van der Waals surface area contributed by atoms with Gasteiger partial charge in [-0.2, -0.15) is 5.10 Å². The van der Waals surface area contributed by atoms with E-state index in [1.54, 1.807) is 7.11 Å². The SMILES string of the molecule is COc1ccc2c(c1)C1(CC1c1ccc3c(-c4ccc(N5CC(C)N(C)C(C)C5)cc4)n[nH]c3c1)C(=O)N2. The highest BCUT2D eigenvalue weighted by molar-refractivity contribution is 6.10. The van der Waals surface area contributed by atoms with Crippen LogP contribution < -0.4 is 15.0 Å². The number of carbonyl (C=O) groups is 1. The molecular formula is C31H33N5O2. The van der Waals surface area contributed by atoms with Crippen molar-refractivity contribution in [3.05, 3.63) is 71.8 Å². The maximum absolute atomic E-state index is 13.1. The average Bonchev–Trinajstić information content (AvgIpc) is 3.46. The average molecular weight is 508 g/mol. The molecule has 7 nitrogen and oxygen atoms in total. The molecule has 2 N–H and O–H groups in total. The number of amides is 1. The highest BCUT2D eigenvalue weighted by Gasteiger charge is 2.65. The summed E-state index contributed by atoms with van der Waals surface area (Å²) in [7, 11) is 3.87. The smallest absolute Gasteiger partial charge is 0.235 e. The lowest BCUT2D eigenvalue weighted by atomic mass is 9.91. The summed E-state index contributed by atoms with van der Waals surface area (Å²) in [5.74, 6) is 1.00. The van der Waals surface area contributed by atoms with Gasteiger partial charge in [-0.25, -0.2) is 0 Å². The Bertz CT molecular complexity index is 1550. The van der Waals surface area contributed by atoms with Crippen molar-refractivity contribution in [1.82, 2.24) is 15.1 Å². The lowest BCUT2D eigenvalue weighted by Gasteiger charge is -2.43. The third-order valence-corrected chi connectivity index (χ3v) is 9.18. The van der Waals surface area contributed by atoms with Crippen LogP contribution in [-0.2, 0) is 10.2 Å². The van der Waals surface area contributed by atoms with Crippen LogP contribution in [-0.4, -0.2) is 60.3 Å². The van der Waals surface area contributed by atoms with Crippen molar-refractivity contribution in [2.75, 3.05) is 37.5 Å². The van der Waals surface area contributed by atoms with E-state index in [0.29, 0.717) is 12.1 Å². The molecule has 2 aliphatic heterocycles. The van der Waals surface area contributed by atoms with Crippen LogP contribution in [0.4, 0.5) is 11.4 Å². The van der Waals surface area contributed by atoms with Crippen LogP contribution in [0.25, 0.3) is 22.2 Å². The first-order chi connectivity index (χ1) is 18.4. The molecule has 38 heavy (non-hydrogen) atoms. The molecule has 1 aromatic heterocycles. The Morgan fingerprint density at radius 2 is 1.76 bits per heavy atom. The third-order valence-electron chi connectivity index (χ3n) is 9.18. The van der Waals surface area contributed by atoms with Crippen LogP contribution in [0.15, 0.2) is 60.7 Å². The first-order valence-electron chi connectivity index (χ1n) is 13.4. The predicted molar refractivity (Wildman–Crippen MR) is 151 cm³/mol. The van der Waals surface area contributed by atoms with E-state index in [9.17, 15) is 4.79 Å². The monoisotopic (exact) mass is 507 g/mol. The molecule has 4 aromatic rings. The van der Waals surface area contributed by atoms with Gasteiger partial charge in [0.1, 0.15) is 5.75 Å². The van der Waals surface area contributed by atoms with Gasteiger partial charge in [0.05, 0.1) is 23.7 Å². The van der Waals surface area contributed by atoms with Gasteiger partial charge in [0.25, 0.3) is 0 Å². The number of ether oxygens (including phenoxy) is 1. The van der Waals surface area contributed by atoms with E-state index in [4.69, 9.17) is 4.74 Å². The molecule has 4 atom stereocenters. The van der Waals surface area contributed by atoms with E-state index in [1.165, 1.54) is 5.69 Å². The molecule has 1 aliphatic carbocycles. The first kappa shape index (κ1) is 23.3. The summed E-state index contributed by atoms with van der Waals surface area (Å²) in [6.07, 6.45) is 0.802. The van der Waals surface area contributed by atoms with Crippen molar-refractivity contribution in [1.29, 1.82) is 0 Å². The quantitative estimate of drug-likeness (QED) is 0.400. The number of hydrogen-bond acceptors (Lipinski definition) is 5. The van der Waals surface area contributed by atoms with Gasteiger partial charge in [-0.1, -0.05) is 24.3 Å². The van der Waals surface area contributed by atoms with Crippen LogP contribution in [0.1, 0.15) is 37.3 Å². The maximum Gasteiger partial charge on any atom is 0.235 e. The summed E-state index contributed by atoms with van der Waals surface area (Å²) in [4.78, 5) is 18.0. The van der Waals surface area contributed by atoms with E-state index >= 15 is 0 Å². The fourth-order valence-electron chi connectivity index (χ4n) is 6.62. The number of aromatic amines is 1. The van der Waals surface area contributed by atoms with Crippen LogP contribution in [0.3, 0.4) is 0 Å². The summed E-state index contributed by atoms with van der Waals surface area (Å²) >= 11 is 0. The fourth-order valence-corrected chi connectivity index (χ4v) is 6.62. The van der Waals surface area contributed by atoms with Crippen LogP contribution in [0.2, 0.25) is 0 Å². The number of likely N-dealkylation sites (N-methyl/N-ethyl adjacent to an activating group) is 1. The number of nitrogens with zero attached hydrogens (tertiary/aromatic N) is 3. The second-order valence-electron chi connectivity index (χ2n) is 11.3. The Hall–Kier alpha value is -3.84. The molecule has 3 heterocycles. The number of hydrogen-bond donors (Lipinski definition) is 2.